The first-order chi connectivity index (χ1) is 8.63. The summed E-state index contributed by atoms with van der Waals surface area (Å²) in [4.78, 5) is 12.1. The predicted molar refractivity (Wildman–Crippen MR) is 69.6 cm³/mol. The molecular weight excluding hydrogens is 252 g/mol. The molecule has 5 heteroatoms. The highest BCUT2D eigenvalue weighted by atomic mass is 35.5. The minimum Gasteiger partial charge on any atom is -0.398 e. The molecule has 1 amide bonds. The molecule has 0 radical (unpaired) electrons. The first-order valence-electron chi connectivity index (χ1n) is 6.15. The number of ether oxygens (including phenoxy) is 1. The second kappa shape index (κ2) is 4.44. The lowest BCUT2D eigenvalue weighted by molar-refractivity contribution is 0.0841. The molecule has 96 valence electrons. The first kappa shape index (κ1) is 11.8. The maximum atomic E-state index is 12.1. The lowest BCUT2D eigenvalue weighted by Gasteiger charge is -2.20. The number of hydrogen-bond donors (Lipinski definition) is 2. The monoisotopic (exact) mass is 266 g/mol. The summed E-state index contributed by atoms with van der Waals surface area (Å²) in [6.07, 6.45) is 3.55. The summed E-state index contributed by atoms with van der Waals surface area (Å²) < 4.78 is 5.70. The van der Waals surface area contributed by atoms with Gasteiger partial charge in [-0.1, -0.05) is 11.6 Å². The number of carbonyl (C=O) groups is 1. The molecule has 1 aromatic rings. The molecule has 0 spiro atoms. The van der Waals surface area contributed by atoms with Crippen LogP contribution in [0.1, 0.15) is 29.6 Å². The number of nitrogen functional groups attached to an aromatic ring is 1. The molecule has 2 aliphatic rings. The molecule has 3 unspecified atom stereocenters. The number of fused-ring (bicyclic) bond motifs is 2. The standard InChI is InChI=1S/C13H15ClN2O2/c14-7-1-3-9(10(15)5-7)13(17)16-11-6-8-2-4-12(11)18-8/h1,3,5,8,11-12H,2,4,6,15H2,(H,16,17). The third-order valence-corrected chi connectivity index (χ3v) is 3.92. The molecule has 1 aromatic carbocycles. The zero-order chi connectivity index (χ0) is 12.7. The van der Waals surface area contributed by atoms with E-state index in [1.807, 2.05) is 0 Å². The molecule has 18 heavy (non-hydrogen) atoms. The fraction of sp³-hybridized carbons (Fsp3) is 0.462. The number of rotatable bonds is 2. The van der Waals surface area contributed by atoms with Crippen LogP contribution in [0.2, 0.25) is 5.02 Å². The Morgan fingerprint density at radius 1 is 1.44 bits per heavy atom. The topological polar surface area (TPSA) is 64.4 Å². The average Bonchev–Trinajstić information content (AvgIpc) is 2.90. The summed E-state index contributed by atoms with van der Waals surface area (Å²) in [5.74, 6) is -0.148. The van der Waals surface area contributed by atoms with E-state index < -0.39 is 0 Å². The third-order valence-electron chi connectivity index (χ3n) is 3.68. The highest BCUT2D eigenvalue weighted by molar-refractivity contribution is 6.31. The van der Waals surface area contributed by atoms with Crippen molar-refractivity contribution in [2.24, 2.45) is 0 Å². The fourth-order valence-electron chi connectivity index (χ4n) is 2.78. The van der Waals surface area contributed by atoms with Crippen LogP contribution in [0, 0.1) is 0 Å². The lowest BCUT2D eigenvalue weighted by atomic mass is 9.95. The van der Waals surface area contributed by atoms with E-state index >= 15 is 0 Å². The summed E-state index contributed by atoms with van der Waals surface area (Å²) in [6.45, 7) is 0. The molecule has 3 N–H and O–H groups in total. The van der Waals surface area contributed by atoms with E-state index in [1.165, 1.54) is 0 Å². The smallest absolute Gasteiger partial charge is 0.253 e. The molecule has 4 nitrogen and oxygen atoms in total. The van der Waals surface area contributed by atoms with Crippen molar-refractivity contribution < 1.29 is 9.53 Å². The highest BCUT2D eigenvalue weighted by Gasteiger charge is 2.41. The van der Waals surface area contributed by atoms with Gasteiger partial charge in [-0.25, -0.2) is 0 Å². The maximum absolute atomic E-state index is 12.1. The highest BCUT2D eigenvalue weighted by Crippen LogP contribution is 2.34. The van der Waals surface area contributed by atoms with Crippen molar-refractivity contribution in [2.75, 3.05) is 5.73 Å². The van der Waals surface area contributed by atoms with Crippen molar-refractivity contribution in [3.05, 3.63) is 28.8 Å². The van der Waals surface area contributed by atoms with E-state index in [4.69, 9.17) is 22.1 Å². The van der Waals surface area contributed by atoms with Gasteiger partial charge in [0.2, 0.25) is 0 Å². The molecule has 0 saturated carbocycles. The summed E-state index contributed by atoms with van der Waals surface area (Å²) in [7, 11) is 0. The van der Waals surface area contributed by atoms with Crippen LogP contribution in [-0.4, -0.2) is 24.2 Å². The molecule has 3 atom stereocenters. The van der Waals surface area contributed by atoms with Crippen LogP contribution in [0.5, 0.6) is 0 Å². The SMILES string of the molecule is Nc1cc(Cl)ccc1C(=O)NC1CC2CCC1O2. The Bertz CT molecular complexity index is 492. The van der Waals surface area contributed by atoms with Gasteiger partial charge in [-0.05, 0) is 37.5 Å². The summed E-state index contributed by atoms with van der Waals surface area (Å²) in [5.41, 5.74) is 6.68. The van der Waals surface area contributed by atoms with Crippen LogP contribution in [0.15, 0.2) is 18.2 Å². The number of anilines is 1. The molecule has 2 heterocycles. The van der Waals surface area contributed by atoms with Gasteiger partial charge in [0.1, 0.15) is 0 Å². The van der Waals surface area contributed by atoms with E-state index in [1.54, 1.807) is 18.2 Å². The Labute approximate surface area is 110 Å². The van der Waals surface area contributed by atoms with Gasteiger partial charge in [0.25, 0.3) is 5.91 Å². The van der Waals surface area contributed by atoms with Gasteiger partial charge in [-0.3, -0.25) is 4.79 Å². The number of carbonyl (C=O) groups excluding carboxylic acids is 1. The second-order valence-corrected chi connectivity index (χ2v) is 5.36. The van der Waals surface area contributed by atoms with E-state index in [0.717, 1.165) is 19.3 Å². The molecule has 2 fully saturated rings. The number of halogens is 1. The van der Waals surface area contributed by atoms with Crippen LogP contribution in [-0.2, 0) is 4.74 Å². The second-order valence-electron chi connectivity index (χ2n) is 4.92. The van der Waals surface area contributed by atoms with E-state index in [-0.39, 0.29) is 18.1 Å². The minimum atomic E-state index is -0.148. The molecule has 0 aromatic heterocycles. The summed E-state index contributed by atoms with van der Waals surface area (Å²) >= 11 is 5.81. The lowest BCUT2D eigenvalue weighted by Crippen LogP contribution is -2.41. The summed E-state index contributed by atoms with van der Waals surface area (Å²) in [5, 5.41) is 3.53. The predicted octanol–water partition coefficient (Wildman–Crippen LogP) is 1.97. The van der Waals surface area contributed by atoms with Crippen molar-refractivity contribution in [1.29, 1.82) is 0 Å². The van der Waals surface area contributed by atoms with E-state index in [0.29, 0.717) is 22.4 Å². The number of nitrogens with one attached hydrogen (secondary N) is 1. The number of hydrogen-bond acceptors (Lipinski definition) is 3. The Balaban J connectivity index is 1.71. The van der Waals surface area contributed by atoms with E-state index in [9.17, 15) is 4.79 Å². The Morgan fingerprint density at radius 2 is 2.28 bits per heavy atom. The van der Waals surface area contributed by atoms with Gasteiger partial charge in [0.05, 0.1) is 23.8 Å². The van der Waals surface area contributed by atoms with Crippen LogP contribution in [0.25, 0.3) is 0 Å². The van der Waals surface area contributed by atoms with Crippen molar-refractivity contribution in [3.8, 4) is 0 Å². The molecule has 2 bridgehead atoms. The number of amides is 1. The van der Waals surface area contributed by atoms with Crippen molar-refractivity contribution in [1.82, 2.24) is 5.32 Å². The minimum absolute atomic E-state index is 0.117. The molecule has 3 rings (SSSR count). The van der Waals surface area contributed by atoms with E-state index in [2.05, 4.69) is 5.32 Å². The summed E-state index contributed by atoms with van der Waals surface area (Å²) in [6, 6.07) is 5.03. The zero-order valence-corrected chi connectivity index (χ0v) is 10.6. The van der Waals surface area contributed by atoms with Gasteiger partial charge in [0, 0.05) is 10.7 Å². The van der Waals surface area contributed by atoms with Gasteiger partial charge < -0.3 is 15.8 Å². The largest absolute Gasteiger partial charge is 0.398 e. The van der Waals surface area contributed by atoms with Crippen molar-refractivity contribution in [2.45, 2.75) is 37.5 Å². The molecule has 0 aliphatic carbocycles. The number of nitrogens with two attached hydrogens (primary N) is 1. The first-order valence-corrected chi connectivity index (χ1v) is 6.52. The van der Waals surface area contributed by atoms with Gasteiger partial charge in [-0.2, -0.15) is 0 Å². The Hall–Kier alpha value is -1.26. The normalized spacial score (nSPS) is 29.5. The van der Waals surface area contributed by atoms with Gasteiger partial charge in [-0.15, -0.1) is 0 Å². The van der Waals surface area contributed by atoms with Crippen LogP contribution < -0.4 is 11.1 Å². The molecule has 2 saturated heterocycles. The number of benzene rings is 1. The van der Waals surface area contributed by atoms with Crippen molar-refractivity contribution in [3.63, 3.8) is 0 Å². The quantitative estimate of drug-likeness (QED) is 0.805. The van der Waals surface area contributed by atoms with Gasteiger partial charge in [0.15, 0.2) is 0 Å². The van der Waals surface area contributed by atoms with Crippen LogP contribution in [0.3, 0.4) is 0 Å². The van der Waals surface area contributed by atoms with Crippen LogP contribution in [0.4, 0.5) is 5.69 Å². The van der Waals surface area contributed by atoms with Gasteiger partial charge >= 0.3 is 0 Å². The molecular formula is C13H15ClN2O2. The zero-order valence-electron chi connectivity index (χ0n) is 9.86. The maximum Gasteiger partial charge on any atom is 0.253 e. The third kappa shape index (κ3) is 2.06. The Kier molecular flexibility index (Phi) is 2.92. The Morgan fingerprint density at radius 3 is 2.89 bits per heavy atom. The molecule has 2 aliphatic heterocycles. The van der Waals surface area contributed by atoms with Crippen LogP contribution >= 0.6 is 11.6 Å². The average molecular weight is 267 g/mol. The fourth-order valence-corrected chi connectivity index (χ4v) is 2.96. The van der Waals surface area contributed by atoms with Crippen molar-refractivity contribution >= 4 is 23.2 Å².